The van der Waals surface area contributed by atoms with Crippen molar-refractivity contribution in [3.05, 3.63) is 54.1 Å². The van der Waals surface area contributed by atoms with E-state index in [1.807, 2.05) is 0 Å². The molecule has 2 unspecified atom stereocenters. The fourth-order valence-corrected chi connectivity index (χ4v) is 3.34. The number of halogens is 1. The molecule has 1 fully saturated rings. The van der Waals surface area contributed by atoms with Gasteiger partial charge in [-0.3, -0.25) is 19.4 Å². The van der Waals surface area contributed by atoms with Gasteiger partial charge in [-0.2, -0.15) is 0 Å². The van der Waals surface area contributed by atoms with Gasteiger partial charge in [-0.1, -0.05) is 6.07 Å². The highest BCUT2D eigenvalue weighted by Crippen LogP contribution is 2.31. The Morgan fingerprint density at radius 1 is 1.35 bits per heavy atom. The van der Waals surface area contributed by atoms with Crippen molar-refractivity contribution >= 4 is 35.1 Å². The third kappa shape index (κ3) is 5.32. The van der Waals surface area contributed by atoms with E-state index in [0.717, 1.165) is 11.0 Å². The molecule has 1 aromatic carbocycles. The number of amides is 2. The summed E-state index contributed by atoms with van der Waals surface area (Å²) in [5.41, 5.74) is 11.4. The van der Waals surface area contributed by atoms with Crippen LogP contribution in [0.3, 0.4) is 0 Å². The summed E-state index contributed by atoms with van der Waals surface area (Å²) in [5, 5.41) is 11.8. The first-order valence-electron chi connectivity index (χ1n) is 9.36. The lowest BCUT2D eigenvalue weighted by molar-refractivity contribution is -0.138. The maximum atomic E-state index is 14.4. The van der Waals surface area contributed by atoms with Crippen molar-refractivity contribution in [1.82, 2.24) is 10.3 Å². The monoisotopic (exact) mass is 428 g/mol. The molecule has 1 saturated heterocycles. The molecule has 2 atom stereocenters. The standard InChI is InChI=1S/C20H21FN6O4/c21-14-4-3-13(25-20(22)23)7-16(14)27-10-12(6-17(27)28)19(31)26-15(8-18(29)30)11-2-1-5-24-9-11/h1-5,7,9,12,15H,6,8,10H2,(H,26,31)(H,29,30)(H4,22,23,25). The Labute approximate surface area is 176 Å². The summed E-state index contributed by atoms with van der Waals surface area (Å²) in [4.78, 5) is 45.4. The number of hydrogen-bond donors (Lipinski definition) is 4. The molecule has 31 heavy (non-hydrogen) atoms. The van der Waals surface area contributed by atoms with Crippen LogP contribution in [-0.2, 0) is 14.4 Å². The van der Waals surface area contributed by atoms with Gasteiger partial charge < -0.3 is 26.8 Å². The number of guanidine groups is 1. The van der Waals surface area contributed by atoms with E-state index in [9.17, 15) is 23.9 Å². The summed E-state index contributed by atoms with van der Waals surface area (Å²) < 4.78 is 14.4. The topological polar surface area (TPSA) is 164 Å². The number of carboxylic acid groups (broad SMARTS) is 1. The Morgan fingerprint density at radius 3 is 2.77 bits per heavy atom. The Balaban J connectivity index is 1.77. The number of nitrogens with one attached hydrogen (secondary N) is 1. The smallest absolute Gasteiger partial charge is 0.305 e. The largest absolute Gasteiger partial charge is 0.481 e. The summed E-state index contributed by atoms with van der Waals surface area (Å²) in [7, 11) is 0. The van der Waals surface area contributed by atoms with Crippen LogP contribution in [0.1, 0.15) is 24.4 Å². The SMILES string of the molecule is NC(N)=Nc1ccc(F)c(N2CC(C(=O)NC(CC(=O)O)c3cccnc3)CC2=O)c1. The molecular formula is C20H21FN6O4. The lowest BCUT2D eigenvalue weighted by atomic mass is 10.0. The number of nitrogens with two attached hydrogens (primary N) is 2. The van der Waals surface area contributed by atoms with Gasteiger partial charge in [0, 0.05) is 25.4 Å². The molecule has 3 rings (SSSR count). The Morgan fingerprint density at radius 2 is 2.13 bits per heavy atom. The van der Waals surface area contributed by atoms with Gasteiger partial charge in [0.1, 0.15) is 5.82 Å². The molecule has 10 nitrogen and oxygen atoms in total. The second kappa shape index (κ2) is 9.20. The van der Waals surface area contributed by atoms with Gasteiger partial charge in [0.2, 0.25) is 11.8 Å². The molecule has 1 aliphatic heterocycles. The van der Waals surface area contributed by atoms with Crippen LogP contribution in [0.2, 0.25) is 0 Å². The average Bonchev–Trinajstić information content (AvgIpc) is 3.10. The molecule has 1 aromatic heterocycles. The zero-order chi connectivity index (χ0) is 22.5. The quantitative estimate of drug-likeness (QED) is 0.374. The molecule has 0 saturated carbocycles. The van der Waals surface area contributed by atoms with Gasteiger partial charge >= 0.3 is 5.97 Å². The van der Waals surface area contributed by atoms with Crippen LogP contribution in [0.15, 0.2) is 47.7 Å². The second-order valence-electron chi connectivity index (χ2n) is 7.02. The summed E-state index contributed by atoms with van der Waals surface area (Å²) in [6, 6.07) is 6.26. The van der Waals surface area contributed by atoms with E-state index in [1.54, 1.807) is 12.1 Å². The predicted octanol–water partition coefficient (Wildman–Crippen LogP) is 0.811. The molecule has 1 aliphatic rings. The van der Waals surface area contributed by atoms with Crippen molar-refractivity contribution in [3.8, 4) is 0 Å². The van der Waals surface area contributed by atoms with E-state index >= 15 is 0 Å². The number of carboxylic acids is 1. The summed E-state index contributed by atoms with van der Waals surface area (Å²) in [6.07, 6.45) is 2.49. The minimum Gasteiger partial charge on any atom is -0.481 e. The van der Waals surface area contributed by atoms with Gasteiger partial charge in [0.25, 0.3) is 0 Å². The Bertz CT molecular complexity index is 1030. The zero-order valence-electron chi connectivity index (χ0n) is 16.4. The molecule has 0 bridgehead atoms. The van der Waals surface area contributed by atoms with E-state index in [-0.39, 0.29) is 36.7 Å². The summed E-state index contributed by atoms with van der Waals surface area (Å²) in [5.74, 6) is -3.72. The molecule has 2 aromatic rings. The van der Waals surface area contributed by atoms with Crippen molar-refractivity contribution in [2.75, 3.05) is 11.4 Å². The molecule has 11 heteroatoms. The van der Waals surface area contributed by atoms with Crippen LogP contribution in [0.5, 0.6) is 0 Å². The third-order valence-electron chi connectivity index (χ3n) is 4.76. The number of carbonyl (C=O) groups excluding carboxylic acids is 2. The highest BCUT2D eigenvalue weighted by molar-refractivity contribution is 6.00. The molecule has 162 valence electrons. The number of carbonyl (C=O) groups is 3. The number of pyridine rings is 1. The molecule has 6 N–H and O–H groups in total. The van der Waals surface area contributed by atoms with Crippen molar-refractivity contribution in [2.24, 2.45) is 22.4 Å². The van der Waals surface area contributed by atoms with Crippen LogP contribution in [0, 0.1) is 11.7 Å². The van der Waals surface area contributed by atoms with Crippen LogP contribution in [0.4, 0.5) is 15.8 Å². The highest BCUT2D eigenvalue weighted by Gasteiger charge is 2.37. The number of benzene rings is 1. The van der Waals surface area contributed by atoms with E-state index in [0.29, 0.717) is 5.56 Å². The Kier molecular flexibility index (Phi) is 6.43. The van der Waals surface area contributed by atoms with Crippen molar-refractivity contribution in [2.45, 2.75) is 18.9 Å². The average molecular weight is 428 g/mol. The lowest BCUT2D eigenvalue weighted by Gasteiger charge is -2.20. The van der Waals surface area contributed by atoms with E-state index in [1.165, 1.54) is 24.5 Å². The molecular weight excluding hydrogens is 407 g/mol. The van der Waals surface area contributed by atoms with Crippen LogP contribution >= 0.6 is 0 Å². The number of aliphatic carboxylic acids is 1. The van der Waals surface area contributed by atoms with Gasteiger partial charge in [-0.25, -0.2) is 9.38 Å². The summed E-state index contributed by atoms with van der Waals surface area (Å²) in [6.45, 7) is -0.0697. The first-order valence-corrected chi connectivity index (χ1v) is 9.36. The van der Waals surface area contributed by atoms with Crippen molar-refractivity contribution < 1.29 is 23.9 Å². The number of rotatable bonds is 7. The van der Waals surface area contributed by atoms with Gasteiger partial charge in [-0.15, -0.1) is 0 Å². The maximum Gasteiger partial charge on any atom is 0.305 e. The zero-order valence-corrected chi connectivity index (χ0v) is 16.4. The number of aliphatic imine (C=N–C) groups is 1. The maximum absolute atomic E-state index is 14.4. The summed E-state index contributed by atoms with van der Waals surface area (Å²) >= 11 is 0. The van der Waals surface area contributed by atoms with Crippen LogP contribution in [0.25, 0.3) is 0 Å². The molecule has 2 heterocycles. The molecule has 0 aliphatic carbocycles. The highest BCUT2D eigenvalue weighted by atomic mass is 19.1. The number of nitrogens with zero attached hydrogens (tertiary/aromatic N) is 3. The van der Waals surface area contributed by atoms with Gasteiger partial charge in [-0.05, 0) is 29.8 Å². The molecule has 0 radical (unpaired) electrons. The van der Waals surface area contributed by atoms with E-state index < -0.39 is 35.6 Å². The minimum absolute atomic E-state index is 0.0443. The first kappa shape index (κ1) is 21.7. The fourth-order valence-electron chi connectivity index (χ4n) is 3.34. The van der Waals surface area contributed by atoms with Crippen LogP contribution < -0.4 is 21.7 Å². The fraction of sp³-hybridized carbons (Fsp3) is 0.250. The van der Waals surface area contributed by atoms with Crippen molar-refractivity contribution in [1.29, 1.82) is 0 Å². The number of aromatic nitrogens is 1. The molecule has 0 spiro atoms. The first-order chi connectivity index (χ1) is 14.7. The minimum atomic E-state index is -1.10. The number of anilines is 1. The van der Waals surface area contributed by atoms with Crippen molar-refractivity contribution in [3.63, 3.8) is 0 Å². The lowest BCUT2D eigenvalue weighted by Crippen LogP contribution is -2.36. The third-order valence-corrected chi connectivity index (χ3v) is 4.76. The van der Waals surface area contributed by atoms with Crippen LogP contribution in [-0.4, -0.2) is 40.4 Å². The second-order valence-corrected chi connectivity index (χ2v) is 7.02. The number of hydrogen-bond acceptors (Lipinski definition) is 5. The van der Waals surface area contributed by atoms with Gasteiger partial charge in [0.05, 0.1) is 29.8 Å². The predicted molar refractivity (Wildman–Crippen MR) is 110 cm³/mol. The normalized spacial score (nSPS) is 16.6. The Hall–Kier alpha value is -4.02. The molecule has 2 amide bonds. The van der Waals surface area contributed by atoms with E-state index in [4.69, 9.17) is 11.5 Å². The van der Waals surface area contributed by atoms with Gasteiger partial charge in [0.15, 0.2) is 5.96 Å². The van der Waals surface area contributed by atoms with E-state index in [2.05, 4.69) is 15.3 Å².